The second-order valence-electron chi connectivity index (χ2n) is 8.04. The number of amides is 2. The van der Waals surface area contributed by atoms with Gasteiger partial charge < -0.3 is 20.0 Å². The number of furan rings is 1. The van der Waals surface area contributed by atoms with E-state index in [-0.39, 0.29) is 27.1 Å². The number of nitrogens with one attached hydrogen (secondary N) is 3. The Morgan fingerprint density at radius 2 is 1.81 bits per heavy atom. The van der Waals surface area contributed by atoms with E-state index in [1.807, 2.05) is 4.90 Å². The van der Waals surface area contributed by atoms with Crippen LogP contribution in [0.25, 0.3) is 0 Å². The van der Waals surface area contributed by atoms with Crippen LogP contribution in [0.4, 0.5) is 22.7 Å². The molecule has 2 aromatic carbocycles. The Morgan fingerprint density at radius 1 is 1.03 bits per heavy atom. The highest BCUT2D eigenvalue weighted by Crippen LogP contribution is 2.31. The van der Waals surface area contributed by atoms with Gasteiger partial charge in [0.25, 0.3) is 17.5 Å². The summed E-state index contributed by atoms with van der Waals surface area (Å²) in [4.78, 5) is 38.0. The van der Waals surface area contributed by atoms with Crippen LogP contribution in [0.3, 0.4) is 0 Å². The van der Waals surface area contributed by atoms with Crippen molar-refractivity contribution in [3.05, 3.63) is 81.3 Å². The van der Waals surface area contributed by atoms with Crippen LogP contribution in [-0.2, 0) is 0 Å². The Hall–Kier alpha value is -3.96. The number of benzene rings is 2. The van der Waals surface area contributed by atoms with Gasteiger partial charge >= 0.3 is 0 Å². The summed E-state index contributed by atoms with van der Waals surface area (Å²) < 4.78 is 5.05. The Morgan fingerprint density at radius 3 is 2.47 bits per heavy atom. The monoisotopic (exact) mass is 527 g/mol. The fourth-order valence-electron chi connectivity index (χ4n) is 3.84. The van der Waals surface area contributed by atoms with Gasteiger partial charge in [0.05, 0.1) is 21.9 Å². The first-order valence-corrected chi connectivity index (χ1v) is 11.9. The number of hydrogen-bond acceptors (Lipinski definition) is 7. The fraction of sp³-hybridized carbons (Fsp3) is 0.208. The summed E-state index contributed by atoms with van der Waals surface area (Å²) in [6.45, 7) is 1.49. The molecule has 1 aromatic heterocycles. The van der Waals surface area contributed by atoms with Gasteiger partial charge in [-0.2, -0.15) is 0 Å². The van der Waals surface area contributed by atoms with Gasteiger partial charge in [-0.1, -0.05) is 11.6 Å². The van der Waals surface area contributed by atoms with Crippen LogP contribution in [0.15, 0.2) is 59.2 Å². The van der Waals surface area contributed by atoms with E-state index < -0.39 is 16.7 Å². The van der Waals surface area contributed by atoms with Gasteiger partial charge in [0.1, 0.15) is 5.69 Å². The minimum atomic E-state index is -0.589. The standard InChI is InChI=1S/C24H22ClN5O5S/c25-17-14-16(7-8-18(17)27-23(32)21-5-4-12-35-21)26-24(36)28-22(31)15-6-9-19(20(13-15)30(33)34)29-10-2-1-3-11-29/h4-9,12-14H,1-3,10-11H2,(H,27,32)(H2,26,28,31,36). The molecule has 12 heteroatoms. The summed E-state index contributed by atoms with van der Waals surface area (Å²) in [5.41, 5.74) is 1.32. The molecule has 10 nitrogen and oxygen atoms in total. The second-order valence-corrected chi connectivity index (χ2v) is 8.86. The number of halogens is 1. The summed E-state index contributed by atoms with van der Waals surface area (Å²) in [5, 5.41) is 19.9. The van der Waals surface area contributed by atoms with Crippen molar-refractivity contribution in [3.8, 4) is 0 Å². The van der Waals surface area contributed by atoms with Crippen molar-refractivity contribution in [1.29, 1.82) is 0 Å². The summed E-state index contributed by atoms with van der Waals surface area (Å²) in [6, 6.07) is 12.2. The Kier molecular flexibility index (Phi) is 7.81. The van der Waals surface area contributed by atoms with Gasteiger partial charge in [-0.3, -0.25) is 25.0 Å². The molecule has 1 aliphatic rings. The van der Waals surface area contributed by atoms with Gasteiger partial charge in [-0.05, 0) is 73.9 Å². The van der Waals surface area contributed by atoms with E-state index in [1.165, 1.54) is 24.5 Å². The van der Waals surface area contributed by atoms with Crippen LogP contribution in [0.5, 0.6) is 0 Å². The lowest BCUT2D eigenvalue weighted by Crippen LogP contribution is -2.34. The Balaban J connectivity index is 1.39. The SMILES string of the molecule is O=C(NC(=S)Nc1ccc(NC(=O)c2ccco2)c(Cl)c1)c1ccc(N2CCCCC2)c([N+](=O)[O-])c1. The third kappa shape index (κ3) is 5.99. The molecule has 0 radical (unpaired) electrons. The average Bonchev–Trinajstić information content (AvgIpc) is 3.41. The van der Waals surface area contributed by atoms with Gasteiger partial charge in [0.15, 0.2) is 10.9 Å². The number of nitrogens with zero attached hydrogens (tertiary/aromatic N) is 2. The van der Waals surface area contributed by atoms with Crippen molar-refractivity contribution in [2.24, 2.45) is 0 Å². The molecule has 3 N–H and O–H groups in total. The number of nitro groups is 1. The molecule has 186 valence electrons. The second kappa shape index (κ2) is 11.2. The smallest absolute Gasteiger partial charge is 0.293 e. The number of thiocarbonyl (C=S) groups is 1. The third-order valence-corrected chi connectivity index (χ3v) is 6.10. The number of anilines is 3. The summed E-state index contributed by atoms with van der Waals surface area (Å²) in [7, 11) is 0. The predicted octanol–water partition coefficient (Wildman–Crippen LogP) is 5.21. The van der Waals surface area contributed by atoms with Gasteiger partial charge in [-0.15, -0.1) is 0 Å². The maximum atomic E-state index is 12.7. The summed E-state index contributed by atoms with van der Waals surface area (Å²) in [5.74, 6) is -0.902. The van der Waals surface area contributed by atoms with E-state index in [0.29, 0.717) is 17.1 Å². The van der Waals surface area contributed by atoms with Crippen LogP contribution in [-0.4, -0.2) is 34.9 Å². The van der Waals surface area contributed by atoms with Crippen molar-refractivity contribution in [2.75, 3.05) is 28.6 Å². The maximum Gasteiger partial charge on any atom is 0.293 e. The van der Waals surface area contributed by atoms with Crippen molar-refractivity contribution in [2.45, 2.75) is 19.3 Å². The van der Waals surface area contributed by atoms with E-state index >= 15 is 0 Å². The molecule has 0 atom stereocenters. The highest BCUT2D eigenvalue weighted by Gasteiger charge is 2.23. The van der Waals surface area contributed by atoms with Crippen LogP contribution < -0.4 is 20.9 Å². The highest BCUT2D eigenvalue weighted by atomic mass is 35.5. The largest absolute Gasteiger partial charge is 0.459 e. The maximum absolute atomic E-state index is 12.7. The average molecular weight is 528 g/mol. The van der Waals surface area contributed by atoms with Gasteiger partial charge in [-0.25, -0.2) is 0 Å². The first-order chi connectivity index (χ1) is 17.3. The van der Waals surface area contributed by atoms with Crippen molar-refractivity contribution in [3.63, 3.8) is 0 Å². The number of hydrogen-bond donors (Lipinski definition) is 3. The van der Waals surface area contributed by atoms with Gasteiger partial charge in [0, 0.05) is 30.4 Å². The Bertz CT molecular complexity index is 1310. The zero-order chi connectivity index (χ0) is 25.7. The van der Waals surface area contributed by atoms with E-state index in [0.717, 1.165) is 32.4 Å². The number of carbonyl (C=O) groups is 2. The molecule has 0 bridgehead atoms. The normalized spacial score (nSPS) is 13.1. The van der Waals surface area contributed by atoms with E-state index in [2.05, 4.69) is 16.0 Å². The molecule has 4 rings (SSSR count). The zero-order valence-electron chi connectivity index (χ0n) is 19.0. The molecule has 2 amide bonds. The van der Waals surface area contributed by atoms with Gasteiger partial charge in [0.2, 0.25) is 0 Å². The topological polar surface area (TPSA) is 130 Å². The minimum Gasteiger partial charge on any atom is -0.459 e. The zero-order valence-corrected chi connectivity index (χ0v) is 20.5. The quantitative estimate of drug-likeness (QED) is 0.226. The lowest BCUT2D eigenvalue weighted by molar-refractivity contribution is -0.384. The molecule has 2 heterocycles. The van der Waals surface area contributed by atoms with Crippen LogP contribution in [0.2, 0.25) is 5.02 Å². The number of piperidine rings is 1. The molecule has 0 aliphatic carbocycles. The van der Waals surface area contributed by atoms with Crippen molar-refractivity contribution >= 4 is 63.5 Å². The molecule has 36 heavy (non-hydrogen) atoms. The molecule has 0 saturated carbocycles. The number of nitro benzene ring substituents is 1. The first kappa shape index (κ1) is 25.1. The predicted molar refractivity (Wildman–Crippen MR) is 141 cm³/mol. The van der Waals surface area contributed by atoms with E-state index in [1.54, 1.807) is 30.3 Å². The fourth-order valence-corrected chi connectivity index (χ4v) is 4.27. The minimum absolute atomic E-state index is 0.0220. The lowest BCUT2D eigenvalue weighted by Gasteiger charge is -2.28. The third-order valence-electron chi connectivity index (χ3n) is 5.58. The molecular formula is C24H22ClN5O5S. The molecule has 0 unspecified atom stereocenters. The molecule has 1 saturated heterocycles. The Labute approximate surface area is 216 Å². The molecular weight excluding hydrogens is 506 g/mol. The lowest BCUT2D eigenvalue weighted by atomic mass is 10.1. The molecule has 1 aliphatic heterocycles. The number of carbonyl (C=O) groups excluding carboxylic acids is 2. The summed E-state index contributed by atoms with van der Waals surface area (Å²) >= 11 is 11.5. The van der Waals surface area contributed by atoms with Crippen LogP contribution >= 0.6 is 23.8 Å². The summed E-state index contributed by atoms with van der Waals surface area (Å²) in [6.07, 6.45) is 4.43. The van der Waals surface area contributed by atoms with Crippen molar-refractivity contribution in [1.82, 2.24) is 5.32 Å². The van der Waals surface area contributed by atoms with E-state index in [9.17, 15) is 19.7 Å². The highest BCUT2D eigenvalue weighted by molar-refractivity contribution is 7.80. The van der Waals surface area contributed by atoms with Crippen molar-refractivity contribution < 1.29 is 18.9 Å². The van der Waals surface area contributed by atoms with E-state index in [4.69, 9.17) is 28.2 Å². The molecule has 1 fully saturated rings. The molecule has 3 aromatic rings. The number of rotatable bonds is 6. The molecule has 0 spiro atoms. The van der Waals surface area contributed by atoms with Crippen LogP contribution in [0, 0.1) is 10.1 Å². The first-order valence-electron chi connectivity index (χ1n) is 11.1. The van der Waals surface area contributed by atoms with Crippen LogP contribution in [0.1, 0.15) is 40.2 Å².